The second-order valence-corrected chi connectivity index (χ2v) is 4.26. The van der Waals surface area contributed by atoms with E-state index in [-0.39, 0.29) is 0 Å². The molecule has 0 aliphatic rings. The lowest BCUT2D eigenvalue weighted by atomic mass is 10.3. The molecule has 0 aromatic carbocycles. The highest BCUT2D eigenvalue weighted by Crippen LogP contribution is 2.06. The predicted octanol–water partition coefficient (Wildman–Crippen LogP) is 2.05. The molecule has 0 aliphatic carbocycles. The summed E-state index contributed by atoms with van der Waals surface area (Å²) in [5.74, 6) is 1.57. The van der Waals surface area contributed by atoms with E-state index in [1.54, 1.807) is 6.20 Å². The van der Waals surface area contributed by atoms with Gasteiger partial charge in [-0.3, -0.25) is 4.68 Å². The minimum atomic E-state index is 0.643. The van der Waals surface area contributed by atoms with E-state index in [0.29, 0.717) is 6.54 Å². The molecule has 0 atom stereocenters. The molecule has 0 bridgehead atoms. The first-order chi connectivity index (χ1) is 8.72. The van der Waals surface area contributed by atoms with Gasteiger partial charge in [0.1, 0.15) is 5.76 Å². The molecule has 5 nitrogen and oxygen atoms in total. The van der Waals surface area contributed by atoms with Crippen molar-refractivity contribution >= 4 is 0 Å². The van der Waals surface area contributed by atoms with Crippen molar-refractivity contribution in [3.63, 3.8) is 0 Å². The second kappa shape index (κ2) is 5.82. The molecule has 0 aliphatic heterocycles. The van der Waals surface area contributed by atoms with Crippen LogP contribution in [0.25, 0.3) is 0 Å². The Hall–Kier alpha value is -1.62. The van der Waals surface area contributed by atoms with Crippen LogP contribution in [-0.2, 0) is 26.1 Å². The van der Waals surface area contributed by atoms with E-state index in [1.165, 1.54) is 5.69 Å². The van der Waals surface area contributed by atoms with Crippen LogP contribution in [0.1, 0.15) is 36.9 Å². The van der Waals surface area contributed by atoms with E-state index in [4.69, 9.17) is 4.42 Å². The number of hydrogen-bond donors (Lipinski definition) is 1. The molecule has 1 N–H and O–H groups in total. The van der Waals surface area contributed by atoms with Gasteiger partial charge in [0.15, 0.2) is 0 Å². The largest absolute Gasteiger partial charge is 0.445 e. The highest BCUT2D eigenvalue weighted by molar-refractivity contribution is 5.10. The molecule has 0 saturated heterocycles. The van der Waals surface area contributed by atoms with Gasteiger partial charge in [0.2, 0.25) is 5.89 Å². The summed E-state index contributed by atoms with van der Waals surface area (Å²) in [6.07, 6.45) is 2.71. The Morgan fingerprint density at radius 1 is 1.33 bits per heavy atom. The summed E-state index contributed by atoms with van der Waals surface area (Å²) in [7, 11) is 0. The van der Waals surface area contributed by atoms with Crippen molar-refractivity contribution in [1.82, 2.24) is 20.1 Å². The van der Waals surface area contributed by atoms with Gasteiger partial charge >= 0.3 is 0 Å². The zero-order chi connectivity index (χ0) is 13.0. The Bertz CT molecular complexity index is 501. The van der Waals surface area contributed by atoms with Gasteiger partial charge in [-0.15, -0.1) is 0 Å². The molecular formula is C13H20N4O. The Morgan fingerprint density at radius 2 is 2.17 bits per heavy atom. The Labute approximate surface area is 107 Å². The number of nitrogens with one attached hydrogen (secondary N) is 1. The summed E-state index contributed by atoms with van der Waals surface area (Å²) in [6, 6.07) is 2.15. The van der Waals surface area contributed by atoms with Crippen LogP contribution in [0.5, 0.6) is 0 Å². The summed E-state index contributed by atoms with van der Waals surface area (Å²) in [6.45, 7) is 8.44. The lowest BCUT2D eigenvalue weighted by Gasteiger charge is -2.04. The predicted molar refractivity (Wildman–Crippen MR) is 69.1 cm³/mol. The monoisotopic (exact) mass is 248 g/mol. The fraction of sp³-hybridized carbons (Fsp3) is 0.538. The van der Waals surface area contributed by atoms with Gasteiger partial charge in [-0.25, -0.2) is 4.98 Å². The third-order valence-electron chi connectivity index (χ3n) is 2.83. The maximum Gasteiger partial charge on any atom is 0.208 e. The van der Waals surface area contributed by atoms with Gasteiger partial charge in [0.25, 0.3) is 0 Å². The van der Waals surface area contributed by atoms with Crippen molar-refractivity contribution in [3.05, 3.63) is 35.3 Å². The first-order valence-corrected chi connectivity index (χ1v) is 6.40. The lowest BCUT2D eigenvalue weighted by molar-refractivity contribution is 0.445. The van der Waals surface area contributed by atoms with Crippen LogP contribution in [0.4, 0.5) is 0 Å². The van der Waals surface area contributed by atoms with Crippen molar-refractivity contribution in [2.45, 2.75) is 46.8 Å². The summed E-state index contributed by atoms with van der Waals surface area (Å²) < 4.78 is 7.44. The number of rotatable bonds is 6. The second-order valence-electron chi connectivity index (χ2n) is 4.26. The maximum absolute atomic E-state index is 5.41. The van der Waals surface area contributed by atoms with Gasteiger partial charge in [0.05, 0.1) is 24.1 Å². The van der Waals surface area contributed by atoms with Crippen LogP contribution in [-0.4, -0.2) is 14.8 Å². The average Bonchev–Trinajstić information content (AvgIpc) is 2.95. The molecule has 2 aromatic heterocycles. The van der Waals surface area contributed by atoms with Crippen molar-refractivity contribution in [2.75, 3.05) is 0 Å². The minimum absolute atomic E-state index is 0.643. The molecular weight excluding hydrogens is 228 g/mol. The van der Waals surface area contributed by atoms with E-state index >= 15 is 0 Å². The topological polar surface area (TPSA) is 55.9 Å². The average molecular weight is 248 g/mol. The molecule has 2 rings (SSSR count). The zero-order valence-electron chi connectivity index (χ0n) is 11.2. The van der Waals surface area contributed by atoms with Crippen LogP contribution in [0.2, 0.25) is 0 Å². The molecule has 98 valence electrons. The third kappa shape index (κ3) is 2.98. The first-order valence-electron chi connectivity index (χ1n) is 6.40. The van der Waals surface area contributed by atoms with Crippen molar-refractivity contribution in [2.24, 2.45) is 0 Å². The van der Waals surface area contributed by atoms with Gasteiger partial charge < -0.3 is 9.73 Å². The van der Waals surface area contributed by atoms with E-state index < -0.39 is 0 Å². The highest BCUT2D eigenvalue weighted by atomic mass is 16.4. The Morgan fingerprint density at radius 3 is 2.78 bits per heavy atom. The van der Waals surface area contributed by atoms with Crippen LogP contribution in [0.3, 0.4) is 0 Å². The van der Waals surface area contributed by atoms with Crippen LogP contribution >= 0.6 is 0 Å². The van der Waals surface area contributed by atoms with Crippen LogP contribution in [0, 0.1) is 6.92 Å². The van der Waals surface area contributed by atoms with E-state index in [1.807, 2.05) is 11.6 Å². The number of hydrogen-bond acceptors (Lipinski definition) is 4. The number of oxazole rings is 1. The summed E-state index contributed by atoms with van der Waals surface area (Å²) in [5.41, 5.74) is 2.35. The summed E-state index contributed by atoms with van der Waals surface area (Å²) in [4.78, 5) is 4.16. The molecule has 2 heterocycles. The number of aromatic nitrogens is 3. The Balaban J connectivity index is 1.91. The number of nitrogens with zero attached hydrogens (tertiary/aromatic N) is 3. The first kappa shape index (κ1) is 12.8. The van der Waals surface area contributed by atoms with Gasteiger partial charge in [-0.1, -0.05) is 6.92 Å². The normalized spacial score (nSPS) is 11.1. The smallest absolute Gasteiger partial charge is 0.208 e. The molecule has 0 amide bonds. The van der Waals surface area contributed by atoms with Crippen LogP contribution < -0.4 is 5.32 Å². The maximum atomic E-state index is 5.41. The van der Waals surface area contributed by atoms with Gasteiger partial charge in [-0.05, 0) is 26.3 Å². The molecule has 0 spiro atoms. The van der Waals surface area contributed by atoms with Crippen molar-refractivity contribution in [1.29, 1.82) is 0 Å². The SMILES string of the molecule is CCc1cc(CNCc2ncc(C)o2)n(CC)n1. The molecule has 0 unspecified atom stereocenters. The highest BCUT2D eigenvalue weighted by Gasteiger charge is 2.06. The number of aryl methyl sites for hydroxylation is 3. The fourth-order valence-corrected chi connectivity index (χ4v) is 1.88. The van der Waals surface area contributed by atoms with Gasteiger partial charge in [0, 0.05) is 13.1 Å². The van der Waals surface area contributed by atoms with E-state index in [2.05, 4.69) is 35.3 Å². The minimum Gasteiger partial charge on any atom is -0.445 e. The van der Waals surface area contributed by atoms with E-state index in [9.17, 15) is 0 Å². The molecule has 0 fully saturated rings. The molecule has 18 heavy (non-hydrogen) atoms. The van der Waals surface area contributed by atoms with Gasteiger partial charge in [-0.2, -0.15) is 5.10 Å². The molecule has 0 radical (unpaired) electrons. The Kier molecular flexibility index (Phi) is 4.15. The van der Waals surface area contributed by atoms with E-state index in [0.717, 1.165) is 36.9 Å². The summed E-state index contributed by atoms with van der Waals surface area (Å²) in [5, 5.41) is 7.84. The van der Waals surface area contributed by atoms with Crippen molar-refractivity contribution in [3.8, 4) is 0 Å². The lowest BCUT2D eigenvalue weighted by Crippen LogP contribution is -2.16. The summed E-state index contributed by atoms with van der Waals surface area (Å²) >= 11 is 0. The molecule has 2 aromatic rings. The quantitative estimate of drug-likeness (QED) is 0.850. The van der Waals surface area contributed by atoms with Crippen LogP contribution in [0.15, 0.2) is 16.7 Å². The van der Waals surface area contributed by atoms with Crippen molar-refractivity contribution < 1.29 is 4.42 Å². The third-order valence-corrected chi connectivity index (χ3v) is 2.83. The standard InChI is InChI=1S/C13H20N4O/c1-4-11-6-12(17(5-2)16-11)8-14-9-13-15-7-10(3)18-13/h6-7,14H,4-5,8-9H2,1-3H3. The molecule has 5 heteroatoms. The molecule has 0 saturated carbocycles. The zero-order valence-corrected chi connectivity index (χ0v) is 11.2. The fourth-order valence-electron chi connectivity index (χ4n) is 1.88.